The first kappa shape index (κ1) is 14.6. The summed E-state index contributed by atoms with van der Waals surface area (Å²) in [5.74, 6) is 0.688. The third-order valence-electron chi connectivity index (χ3n) is 3.87. The number of fused-ring (bicyclic) bond motifs is 1. The Kier molecular flexibility index (Phi) is 3.39. The van der Waals surface area contributed by atoms with E-state index in [1.54, 1.807) is 28.4 Å². The van der Waals surface area contributed by atoms with Crippen LogP contribution in [0.2, 0.25) is 0 Å². The number of allylic oxidation sites excluding steroid dienone is 1. The standard InChI is InChI=1S/C16H14N6OS/c1-9-12(14(17)23)13(11-3-2-8-24-11)22-16(19-9)20-15(21-22)10-4-6-18-7-5-10/h2-8,13H,1H3,(H2,17,23)(H,19,20,21). The molecule has 24 heavy (non-hydrogen) atoms. The van der Waals surface area contributed by atoms with E-state index in [9.17, 15) is 4.79 Å². The van der Waals surface area contributed by atoms with Crippen LogP contribution >= 0.6 is 11.3 Å². The summed E-state index contributed by atoms with van der Waals surface area (Å²) < 4.78 is 1.72. The molecule has 0 bridgehead atoms. The second-order valence-electron chi connectivity index (χ2n) is 5.39. The summed E-state index contributed by atoms with van der Waals surface area (Å²) in [5.41, 5.74) is 7.68. The topological polar surface area (TPSA) is 98.7 Å². The van der Waals surface area contributed by atoms with E-state index in [2.05, 4.69) is 20.4 Å². The molecule has 0 spiro atoms. The van der Waals surface area contributed by atoms with E-state index in [-0.39, 0.29) is 6.04 Å². The number of aromatic nitrogens is 4. The first-order valence-corrected chi connectivity index (χ1v) is 8.21. The van der Waals surface area contributed by atoms with Crippen molar-refractivity contribution in [1.29, 1.82) is 0 Å². The van der Waals surface area contributed by atoms with Crippen molar-refractivity contribution >= 4 is 23.2 Å². The molecule has 0 fully saturated rings. The number of nitrogens with two attached hydrogens (primary N) is 1. The van der Waals surface area contributed by atoms with E-state index >= 15 is 0 Å². The second kappa shape index (κ2) is 5.57. The van der Waals surface area contributed by atoms with Crippen molar-refractivity contribution in [2.45, 2.75) is 13.0 Å². The summed E-state index contributed by atoms with van der Waals surface area (Å²) in [5, 5.41) is 9.70. The Bertz CT molecular complexity index is 929. The lowest BCUT2D eigenvalue weighted by atomic mass is 10.0. The van der Waals surface area contributed by atoms with E-state index in [4.69, 9.17) is 5.73 Å². The van der Waals surface area contributed by atoms with Crippen LogP contribution in [0.3, 0.4) is 0 Å². The fraction of sp³-hybridized carbons (Fsp3) is 0.125. The van der Waals surface area contributed by atoms with Crippen LogP contribution in [-0.4, -0.2) is 25.7 Å². The van der Waals surface area contributed by atoms with Crippen LogP contribution in [0.5, 0.6) is 0 Å². The Labute approximate surface area is 141 Å². The molecular weight excluding hydrogens is 324 g/mol. The van der Waals surface area contributed by atoms with Gasteiger partial charge in [0.2, 0.25) is 11.9 Å². The van der Waals surface area contributed by atoms with Gasteiger partial charge in [-0.05, 0) is 30.5 Å². The molecule has 0 saturated heterocycles. The molecule has 3 aromatic rings. The first-order valence-electron chi connectivity index (χ1n) is 7.33. The van der Waals surface area contributed by atoms with Crippen LogP contribution in [0.15, 0.2) is 53.3 Å². The number of nitrogens with one attached hydrogen (secondary N) is 1. The van der Waals surface area contributed by atoms with Crippen molar-refractivity contribution in [3.8, 4) is 11.4 Å². The van der Waals surface area contributed by atoms with Crippen LogP contribution in [-0.2, 0) is 4.79 Å². The van der Waals surface area contributed by atoms with Gasteiger partial charge in [0.15, 0.2) is 5.82 Å². The van der Waals surface area contributed by atoms with Gasteiger partial charge in [-0.25, -0.2) is 4.68 Å². The molecule has 1 aliphatic heterocycles. The van der Waals surface area contributed by atoms with Crippen LogP contribution < -0.4 is 11.1 Å². The van der Waals surface area contributed by atoms with Crippen molar-refractivity contribution in [2.24, 2.45) is 5.73 Å². The third kappa shape index (κ3) is 2.28. The summed E-state index contributed by atoms with van der Waals surface area (Å²) in [7, 11) is 0. The number of anilines is 1. The molecule has 0 aromatic carbocycles. The molecule has 7 nitrogen and oxygen atoms in total. The van der Waals surface area contributed by atoms with Crippen molar-refractivity contribution < 1.29 is 4.79 Å². The van der Waals surface area contributed by atoms with E-state index in [1.807, 2.05) is 36.6 Å². The average Bonchev–Trinajstić information content (AvgIpc) is 3.23. The van der Waals surface area contributed by atoms with Gasteiger partial charge in [-0.2, -0.15) is 4.98 Å². The normalized spacial score (nSPS) is 16.6. The minimum absolute atomic E-state index is 0.373. The summed E-state index contributed by atoms with van der Waals surface area (Å²) in [4.78, 5) is 21.6. The van der Waals surface area contributed by atoms with Gasteiger partial charge >= 0.3 is 0 Å². The highest BCUT2D eigenvalue weighted by atomic mass is 32.1. The molecule has 3 aromatic heterocycles. The van der Waals surface area contributed by atoms with Gasteiger partial charge in [0.25, 0.3) is 0 Å². The van der Waals surface area contributed by atoms with Crippen LogP contribution in [0, 0.1) is 0 Å². The summed E-state index contributed by atoms with van der Waals surface area (Å²) in [6, 6.07) is 7.22. The Hall–Kier alpha value is -3.00. The van der Waals surface area contributed by atoms with Gasteiger partial charge in [0.1, 0.15) is 6.04 Å². The molecule has 0 aliphatic carbocycles. The van der Waals surface area contributed by atoms with E-state index in [1.165, 1.54) is 0 Å². The monoisotopic (exact) mass is 338 g/mol. The van der Waals surface area contributed by atoms with Gasteiger partial charge in [-0.3, -0.25) is 9.78 Å². The Balaban J connectivity index is 1.88. The number of rotatable bonds is 3. The molecular formula is C16H14N6OS. The Morgan fingerprint density at radius 2 is 2.12 bits per heavy atom. The third-order valence-corrected chi connectivity index (χ3v) is 4.79. The Morgan fingerprint density at radius 3 is 2.79 bits per heavy atom. The highest BCUT2D eigenvalue weighted by molar-refractivity contribution is 7.10. The van der Waals surface area contributed by atoms with Gasteiger partial charge in [0, 0.05) is 28.5 Å². The van der Waals surface area contributed by atoms with Gasteiger partial charge in [-0.15, -0.1) is 16.4 Å². The SMILES string of the molecule is CC1=C(C(N)=O)C(c2cccs2)n2nc(-c3ccncc3)nc2N1. The number of thiophene rings is 1. The zero-order valence-corrected chi connectivity index (χ0v) is 13.6. The Morgan fingerprint density at radius 1 is 1.33 bits per heavy atom. The fourth-order valence-corrected chi connectivity index (χ4v) is 3.62. The van der Waals surface area contributed by atoms with Gasteiger partial charge in [0.05, 0.1) is 5.57 Å². The van der Waals surface area contributed by atoms with Crippen LogP contribution in [0.1, 0.15) is 17.8 Å². The second-order valence-corrected chi connectivity index (χ2v) is 6.36. The summed E-state index contributed by atoms with van der Waals surface area (Å²) in [6.45, 7) is 1.82. The zero-order chi connectivity index (χ0) is 16.7. The minimum atomic E-state index is -0.468. The molecule has 1 aliphatic rings. The predicted octanol–water partition coefficient (Wildman–Crippen LogP) is 2.18. The molecule has 3 N–H and O–H groups in total. The average molecular weight is 338 g/mol. The van der Waals surface area contributed by atoms with Crippen molar-refractivity contribution in [2.75, 3.05) is 5.32 Å². The summed E-state index contributed by atoms with van der Waals surface area (Å²) in [6.07, 6.45) is 3.38. The number of nitrogens with zero attached hydrogens (tertiary/aromatic N) is 4. The van der Waals surface area contributed by atoms with E-state index < -0.39 is 5.91 Å². The maximum absolute atomic E-state index is 12.0. The van der Waals surface area contributed by atoms with Crippen molar-refractivity contribution in [3.05, 3.63) is 58.2 Å². The maximum atomic E-state index is 12.0. The molecule has 4 heterocycles. The highest BCUT2D eigenvalue weighted by Gasteiger charge is 2.33. The highest BCUT2D eigenvalue weighted by Crippen LogP contribution is 2.37. The molecule has 8 heteroatoms. The predicted molar refractivity (Wildman–Crippen MR) is 91.2 cm³/mol. The van der Waals surface area contributed by atoms with Crippen LogP contribution in [0.4, 0.5) is 5.95 Å². The molecule has 1 amide bonds. The smallest absolute Gasteiger partial charge is 0.248 e. The molecule has 4 rings (SSSR count). The lowest BCUT2D eigenvalue weighted by molar-refractivity contribution is -0.115. The first-order chi connectivity index (χ1) is 11.6. The lowest BCUT2D eigenvalue weighted by Gasteiger charge is -2.26. The molecule has 0 radical (unpaired) electrons. The summed E-state index contributed by atoms with van der Waals surface area (Å²) >= 11 is 1.55. The van der Waals surface area contributed by atoms with Crippen molar-refractivity contribution in [1.82, 2.24) is 19.7 Å². The zero-order valence-electron chi connectivity index (χ0n) is 12.8. The molecule has 0 saturated carbocycles. The maximum Gasteiger partial charge on any atom is 0.248 e. The van der Waals surface area contributed by atoms with Crippen LogP contribution in [0.25, 0.3) is 11.4 Å². The largest absolute Gasteiger partial charge is 0.366 e. The molecule has 1 unspecified atom stereocenters. The fourth-order valence-electron chi connectivity index (χ4n) is 2.80. The molecule has 1 atom stereocenters. The number of pyridine rings is 1. The van der Waals surface area contributed by atoms with E-state index in [0.717, 1.165) is 10.4 Å². The number of hydrogen-bond donors (Lipinski definition) is 2. The number of amides is 1. The number of hydrogen-bond acceptors (Lipinski definition) is 6. The minimum Gasteiger partial charge on any atom is -0.366 e. The van der Waals surface area contributed by atoms with Crippen molar-refractivity contribution in [3.63, 3.8) is 0 Å². The molecule has 120 valence electrons. The van der Waals surface area contributed by atoms with E-state index in [0.29, 0.717) is 23.0 Å². The quantitative estimate of drug-likeness (QED) is 0.762. The lowest BCUT2D eigenvalue weighted by Crippen LogP contribution is -2.31. The van der Waals surface area contributed by atoms with Gasteiger partial charge in [-0.1, -0.05) is 6.07 Å². The number of primary amides is 1. The van der Waals surface area contributed by atoms with Gasteiger partial charge < -0.3 is 11.1 Å². The number of carbonyl (C=O) groups excluding carboxylic acids is 1. The number of carbonyl (C=O) groups is 1.